The normalized spacial score (nSPS) is 17.0. The van der Waals surface area contributed by atoms with Gasteiger partial charge in [0.15, 0.2) is 0 Å². The summed E-state index contributed by atoms with van der Waals surface area (Å²) in [7, 11) is 35.6. The van der Waals surface area contributed by atoms with E-state index < -0.39 is 22.0 Å². The van der Waals surface area contributed by atoms with Crippen LogP contribution in [0.5, 0.6) is 5.75 Å². The van der Waals surface area contributed by atoms with E-state index in [4.69, 9.17) is 56.3 Å². The molecule has 12 radical (unpaired) electrons. The third-order valence-electron chi connectivity index (χ3n) is 5.97. The van der Waals surface area contributed by atoms with Crippen molar-refractivity contribution in [2.45, 2.75) is 48.4 Å². The highest BCUT2D eigenvalue weighted by molar-refractivity contribution is 6.53. The van der Waals surface area contributed by atoms with Crippen molar-refractivity contribution < 1.29 is 14.4 Å². The number of hydrogen-bond donors (Lipinski definition) is 2. The molecule has 36 heavy (non-hydrogen) atoms. The topological polar surface area (TPSA) is 104 Å². The molecule has 3 aromatic rings. The molecule has 1 aromatic heterocycles. The molecule has 1 aliphatic carbocycles. The van der Waals surface area contributed by atoms with Crippen molar-refractivity contribution in [3.8, 4) is 34.7 Å². The molecule has 1 atom stereocenters. The fourth-order valence-corrected chi connectivity index (χ4v) is 4.10. The van der Waals surface area contributed by atoms with Crippen LogP contribution < -0.4 is 10.1 Å². The molecule has 166 valence electrons. The SMILES string of the molecule is [B]C1([B])Cc2c(-c3noc(-c4ccc(OC(C)C)c(C#N)c4)n3)cccc2[C@H]1NC([B])([B])C([B])([B])O. The van der Waals surface area contributed by atoms with E-state index in [9.17, 15) is 10.4 Å². The summed E-state index contributed by atoms with van der Waals surface area (Å²) in [6.07, 6.45) is 0.115. The molecule has 2 N–H and O–H groups in total. The fraction of sp³-hybridized carbons (Fsp3) is 0.348. The summed E-state index contributed by atoms with van der Waals surface area (Å²) >= 11 is 0. The van der Waals surface area contributed by atoms with Crippen LogP contribution in [-0.4, -0.2) is 79.2 Å². The molecule has 0 saturated heterocycles. The van der Waals surface area contributed by atoms with Gasteiger partial charge in [0.25, 0.3) is 5.89 Å². The second kappa shape index (κ2) is 9.24. The van der Waals surface area contributed by atoms with Gasteiger partial charge in [-0.25, -0.2) is 0 Å². The zero-order chi connectivity index (χ0) is 26.5. The van der Waals surface area contributed by atoms with E-state index in [-0.39, 0.29) is 18.4 Å². The van der Waals surface area contributed by atoms with E-state index in [0.717, 1.165) is 5.56 Å². The number of aromatic nitrogens is 2. The quantitative estimate of drug-likeness (QED) is 0.497. The average Bonchev–Trinajstić information content (AvgIpc) is 3.35. The second-order valence-electron chi connectivity index (χ2n) is 9.35. The molecular formula is C23H18B6N4O3. The zero-order valence-corrected chi connectivity index (χ0v) is 19.9. The molecular weight excluding hydrogens is 445 g/mol. The van der Waals surface area contributed by atoms with Gasteiger partial charge in [-0.15, -0.1) is 0 Å². The van der Waals surface area contributed by atoms with Crippen LogP contribution in [0.3, 0.4) is 0 Å². The van der Waals surface area contributed by atoms with Crippen molar-refractivity contribution in [2.24, 2.45) is 0 Å². The predicted molar refractivity (Wildman–Crippen MR) is 140 cm³/mol. The van der Waals surface area contributed by atoms with E-state index >= 15 is 0 Å². The molecule has 1 aliphatic rings. The Labute approximate surface area is 218 Å². The summed E-state index contributed by atoms with van der Waals surface area (Å²) in [5, 5.41) is 20.5. The number of hydrogen-bond acceptors (Lipinski definition) is 7. The first-order chi connectivity index (χ1) is 16.7. The number of rotatable bonds is 7. The molecule has 0 bridgehead atoms. The van der Waals surface area contributed by atoms with E-state index in [1.807, 2.05) is 13.8 Å². The Bertz CT molecular complexity index is 1330. The minimum atomic E-state index is -2.45. The summed E-state index contributed by atoms with van der Waals surface area (Å²) in [5.41, 5.74) is 2.93. The van der Waals surface area contributed by atoms with Crippen molar-refractivity contribution in [3.63, 3.8) is 0 Å². The molecule has 0 spiro atoms. The molecule has 2 aromatic carbocycles. The van der Waals surface area contributed by atoms with Crippen LogP contribution in [-0.2, 0) is 6.42 Å². The molecule has 0 unspecified atom stereocenters. The Kier molecular flexibility index (Phi) is 6.74. The number of nitriles is 1. The van der Waals surface area contributed by atoms with Crippen molar-refractivity contribution >= 4 is 47.1 Å². The van der Waals surface area contributed by atoms with Crippen LogP contribution in [0.1, 0.15) is 36.6 Å². The number of nitrogens with zero attached hydrogens (tertiary/aromatic N) is 3. The maximum Gasteiger partial charge on any atom is 0.258 e. The van der Waals surface area contributed by atoms with Crippen molar-refractivity contribution in [2.75, 3.05) is 0 Å². The van der Waals surface area contributed by atoms with Gasteiger partial charge in [0.2, 0.25) is 5.82 Å². The molecule has 0 saturated carbocycles. The van der Waals surface area contributed by atoms with Gasteiger partial charge < -0.3 is 19.7 Å². The highest BCUT2D eigenvalue weighted by Gasteiger charge is 2.44. The highest BCUT2D eigenvalue weighted by Crippen LogP contribution is 2.50. The monoisotopic (exact) mass is 464 g/mol. The first-order valence-electron chi connectivity index (χ1n) is 11.1. The molecule has 0 aliphatic heterocycles. The predicted octanol–water partition coefficient (Wildman–Crippen LogP) is 0.676. The standard InChI is InChI=1S/C23H18B6N4O3/c1-11(2)35-17-7-6-12(8-13(17)10-30)20-31-19(33-36-20)15-5-3-4-14-16(15)9-21(24,25)18(14)32-22(26,27)23(28,29)34/h3-8,11,18,32,34H,9H2,1-2H3/t18-/m1/s1. The van der Waals surface area contributed by atoms with Crippen LogP contribution in [0.2, 0.25) is 5.21 Å². The third kappa shape index (κ3) is 4.89. The smallest absolute Gasteiger partial charge is 0.258 e. The van der Waals surface area contributed by atoms with Gasteiger partial charge in [0.05, 0.1) is 58.7 Å². The van der Waals surface area contributed by atoms with Crippen molar-refractivity contribution in [1.29, 1.82) is 5.26 Å². The lowest BCUT2D eigenvalue weighted by molar-refractivity contribution is 0.168. The van der Waals surface area contributed by atoms with Gasteiger partial charge >= 0.3 is 0 Å². The lowest BCUT2D eigenvalue weighted by Crippen LogP contribution is -2.66. The first kappa shape index (κ1) is 26.2. The van der Waals surface area contributed by atoms with Crippen LogP contribution in [0.4, 0.5) is 0 Å². The number of benzene rings is 2. The van der Waals surface area contributed by atoms with Crippen LogP contribution >= 0.6 is 0 Å². The van der Waals surface area contributed by atoms with E-state index in [1.54, 1.807) is 36.4 Å². The van der Waals surface area contributed by atoms with Gasteiger partial charge in [-0.2, -0.15) is 10.2 Å². The first-order valence-corrected chi connectivity index (χ1v) is 11.1. The van der Waals surface area contributed by atoms with E-state index in [0.29, 0.717) is 33.8 Å². The Morgan fingerprint density at radius 2 is 1.94 bits per heavy atom. The van der Waals surface area contributed by atoms with Crippen LogP contribution in [0.15, 0.2) is 40.9 Å². The second-order valence-corrected chi connectivity index (χ2v) is 9.35. The summed E-state index contributed by atoms with van der Waals surface area (Å²) in [6.45, 7) is 3.75. The fourth-order valence-electron chi connectivity index (χ4n) is 4.10. The maximum atomic E-state index is 9.97. The number of ether oxygens (including phenoxy) is 1. The molecule has 0 fully saturated rings. The summed E-state index contributed by atoms with van der Waals surface area (Å²) in [5.74, 6) is 0.976. The molecule has 1 heterocycles. The molecule has 0 amide bonds. The summed E-state index contributed by atoms with van der Waals surface area (Å²) in [6, 6.07) is 11.7. The Balaban J connectivity index is 1.69. The minimum absolute atomic E-state index is 0.0825. The third-order valence-corrected chi connectivity index (χ3v) is 5.97. The Morgan fingerprint density at radius 3 is 2.58 bits per heavy atom. The average molecular weight is 463 g/mol. The zero-order valence-electron chi connectivity index (χ0n) is 19.9. The maximum absolute atomic E-state index is 9.97. The number of aliphatic hydroxyl groups is 1. The lowest BCUT2D eigenvalue weighted by atomic mass is 9.39. The van der Waals surface area contributed by atoms with Gasteiger partial charge in [-0.1, -0.05) is 28.6 Å². The molecule has 7 nitrogen and oxygen atoms in total. The van der Waals surface area contributed by atoms with Gasteiger partial charge in [0.1, 0.15) is 11.8 Å². The van der Waals surface area contributed by atoms with Gasteiger partial charge in [-0.05, 0) is 60.3 Å². The number of nitrogens with one attached hydrogen (secondary N) is 1. The number of fused-ring (bicyclic) bond motifs is 1. The summed E-state index contributed by atoms with van der Waals surface area (Å²) < 4.78 is 11.2. The highest BCUT2D eigenvalue weighted by atomic mass is 16.5. The van der Waals surface area contributed by atoms with Gasteiger partial charge in [-0.3, -0.25) is 0 Å². The van der Waals surface area contributed by atoms with E-state index in [2.05, 4.69) is 21.5 Å². The Morgan fingerprint density at radius 1 is 1.22 bits per heavy atom. The molecule has 4 rings (SSSR count). The Hall–Kier alpha value is -2.82. The van der Waals surface area contributed by atoms with Crippen LogP contribution in [0, 0.1) is 11.3 Å². The largest absolute Gasteiger partial charge is 0.490 e. The minimum Gasteiger partial charge on any atom is -0.490 e. The molecule has 13 heteroatoms. The van der Waals surface area contributed by atoms with E-state index in [1.165, 1.54) is 0 Å². The van der Waals surface area contributed by atoms with Crippen molar-refractivity contribution in [1.82, 2.24) is 15.5 Å². The lowest BCUT2D eigenvalue weighted by Gasteiger charge is -2.46. The summed E-state index contributed by atoms with van der Waals surface area (Å²) in [4.78, 5) is 4.52. The van der Waals surface area contributed by atoms with Gasteiger partial charge in [0, 0.05) is 17.2 Å². The van der Waals surface area contributed by atoms with Crippen LogP contribution in [0.25, 0.3) is 22.8 Å². The van der Waals surface area contributed by atoms with Crippen molar-refractivity contribution in [3.05, 3.63) is 53.1 Å².